The van der Waals surface area contributed by atoms with Crippen molar-refractivity contribution < 1.29 is 23.0 Å². The van der Waals surface area contributed by atoms with Crippen molar-refractivity contribution in [2.45, 2.75) is 6.92 Å². The molecule has 0 fully saturated rings. The van der Waals surface area contributed by atoms with Gasteiger partial charge in [0.05, 0.1) is 25.0 Å². The third kappa shape index (κ3) is 2.68. The predicted molar refractivity (Wildman–Crippen MR) is 77.3 cm³/mol. The highest BCUT2D eigenvalue weighted by Crippen LogP contribution is 2.31. The van der Waals surface area contributed by atoms with Crippen LogP contribution in [-0.2, 0) is 4.74 Å². The lowest BCUT2D eigenvalue weighted by Gasteiger charge is -2.13. The molecule has 120 valence electrons. The number of benzene rings is 1. The second-order valence-electron chi connectivity index (χ2n) is 4.42. The SMILES string of the molecule is CCOc1ccc(F)c(-n2cc(C#N)c(N)c2C(=O)OC)c1F. The lowest BCUT2D eigenvalue weighted by molar-refractivity contribution is 0.0593. The third-order valence-corrected chi connectivity index (χ3v) is 3.12. The van der Waals surface area contributed by atoms with E-state index in [0.29, 0.717) is 0 Å². The van der Waals surface area contributed by atoms with Gasteiger partial charge in [-0.1, -0.05) is 0 Å². The highest BCUT2D eigenvalue weighted by atomic mass is 19.1. The van der Waals surface area contributed by atoms with E-state index in [-0.39, 0.29) is 29.3 Å². The number of ether oxygens (including phenoxy) is 2. The lowest BCUT2D eigenvalue weighted by atomic mass is 10.2. The van der Waals surface area contributed by atoms with Crippen LogP contribution in [0.4, 0.5) is 14.5 Å². The van der Waals surface area contributed by atoms with Crippen molar-refractivity contribution in [3.8, 4) is 17.5 Å². The van der Waals surface area contributed by atoms with E-state index in [2.05, 4.69) is 4.74 Å². The van der Waals surface area contributed by atoms with Gasteiger partial charge in [0, 0.05) is 6.20 Å². The fourth-order valence-corrected chi connectivity index (χ4v) is 2.10. The van der Waals surface area contributed by atoms with Crippen LogP contribution in [0.1, 0.15) is 23.0 Å². The van der Waals surface area contributed by atoms with Gasteiger partial charge < -0.3 is 19.8 Å². The fraction of sp³-hybridized carbons (Fsp3) is 0.200. The molecule has 0 atom stereocenters. The average molecular weight is 321 g/mol. The Morgan fingerprint density at radius 1 is 1.43 bits per heavy atom. The van der Waals surface area contributed by atoms with Gasteiger partial charge in [-0.25, -0.2) is 13.6 Å². The minimum atomic E-state index is -1.02. The van der Waals surface area contributed by atoms with Crippen LogP contribution in [0.5, 0.6) is 5.75 Å². The zero-order valence-electron chi connectivity index (χ0n) is 12.4. The van der Waals surface area contributed by atoms with Crippen molar-refractivity contribution in [2.24, 2.45) is 0 Å². The van der Waals surface area contributed by atoms with Gasteiger partial charge in [-0.15, -0.1) is 0 Å². The molecular weight excluding hydrogens is 308 g/mol. The number of anilines is 1. The molecule has 2 rings (SSSR count). The number of nitrogens with two attached hydrogens (primary N) is 1. The number of nitrogens with zero attached hydrogens (tertiary/aromatic N) is 2. The predicted octanol–water partition coefficient (Wildman–Crippen LogP) is 2.39. The monoisotopic (exact) mass is 321 g/mol. The van der Waals surface area contributed by atoms with Gasteiger partial charge in [-0.3, -0.25) is 0 Å². The Balaban J connectivity index is 2.79. The number of rotatable bonds is 4. The van der Waals surface area contributed by atoms with Crippen molar-refractivity contribution in [2.75, 3.05) is 19.5 Å². The summed E-state index contributed by atoms with van der Waals surface area (Å²) in [6.45, 7) is 1.81. The van der Waals surface area contributed by atoms with E-state index < -0.39 is 23.3 Å². The van der Waals surface area contributed by atoms with Gasteiger partial charge in [0.2, 0.25) is 0 Å². The molecule has 1 aromatic carbocycles. The van der Waals surface area contributed by atoms with Crippen LogP contribution in [-0.4, -0.2) is 24.3 Å². The first-order valence-corrected chi connectivity index (χ1v) is 6.56. The maximum absolute atomic E-state index is 14.5. The lowest BCUT2D eigenvalue weighted by Crippen LogP contribution is -2.13. The van der Waals surface area contributed by atoms with Crippen molar-refractivity contribution in [1.29, 1.82) is 5.26 Å². The number of aromatic nitrogens is 1. The summed E-state index contributed by atoms with van der Waals surface area (Å²) in [4.78, 5) is 11.9. The van der Waals surface area contributed by atoms with Gasteiger partial charge in [0.1, 0.15) is 11.8 Å². The number of nitrogen functional groups attached to an aromatic ring is 1. The number of halogens is 2. The summed E-state index contributed by atoms with van der Waals surface area (Å²) in [5.41, 5.74) is 4.46. The summed E-state index contributed by atoms with van der Waals surface area (Å²) in [5, 5.41) is 9.03. The molecule has 6 nitrogen and oxygen atoms in total. The minimum Gasteiger partial charge on any atom is -0.491 e. The molecule has 0 aliphatic rings. The highest BCUT2D eigenvalue weighted by molar-refractivity contribution is 5.96. The highest BCUT2D eigenvalue weighted by Gasteiger charge is 2.26. The molecule has 0 spiro atoms. The zero-order valence-corrected chi connectivity index (χ0v) is 12.4. The number of nitriles is 1. The summed E-state index contributed by atoms with van der Waals surface area (Å²) in [6.07, 6.45) is 1.07. The van der Waals surface area contributed by atoms with Crippen molar-refractivity contribution >= 4 is 11.7 Å². The van der Waals surface area contributed by atoms with Gasteiger partial charge in [-0.2, -0.15) is 5.26 Å². The number of esters is 1. The van der Waals surface area contributed by atoms with E-state index in [1.807, 2.05) is 0 Å². The Morgan fingerprint density at radius 2 is 2.13 bits per heavy atom. The normalized spacial score (nSPS) is 10.2. The van der Waals surface area contributed by atoms with Gasteiger partial charge in [0.15, 0.2) is 23.1 Å². The van der Waals surface area contributed by atoms with E-state index in [1.54, 1.807) is 13.0 Å². The molecule has 1 heterocycles. The summed E-state index contributed by atoms with van der Waals surface area (Å²) >= 11 is 0. The van der Waals surface area contributed by atoms with Crippen LogP contribution in [0, 0.1) is 23.0 Å². The summed E-state index contributed by atoms with van der Waals surface area (Å²) < 4.78 is 39.2. The first-order chi connectivity index (χ1) is 11.0. The van der Waals surface area contributed by atoms with E-state index >= 15 is 0 Å². The molecule has 0 amide bonds. The molecule has 0 unspecified atom stereocenters. The molecule has 0 aliphatic carbocycles. The molecular formula is C15H13F2N3O3. The average Bonchev–Trinajstić information content (AvgIpc) is 2.86. The molecule has 2 aromatic rings. The number of carbonyl (C=O) groups excluding carboxylic acids is 1. The molecule has 8 heteroatoms. The second kappa shape index (κ2) is 6.36. The van der Waals surface area contributed by atoms with Crippen molar-refractivity contribution in [3.63, 3.8) is 0 Å². The van der Waals surface area contributed by atoms with Gasteiger partial charge in [-0.05, 0) is 19.1 Å². The molecule has 2 N–H and O–H groups in total. The number of methoxy groups -OCH3 is 1. The molecule has 1 aromatic heterocycles. The third-order valence-electron chi connectivity index (χ3n) is 3.12. The van der Waals surface area contributed by atoms with E-state index in [0.717, 1.165) is 30.0 Å². The smallest absolute Gasteiger partial charge is 0.357 e. The van der Waals surface area contributed by atoms with Crippen LogP contribution >= 0.6 is 0 Å². The topological polar surface area (TPSA) is 90.3 Å². The molecule has 0 saturated carbocycles. The standard InChI is InChI=1S/C15H13F2N3O3/c1-3-23-10-5-4-9(16)13(11(10)17)20-7-8(6-18)12(19)14(20)15(21)22-2/h4-5,7H,3,19H2,1-2H3. The largest absolute Gasteiger partial charge is 0.491 e. The molecule has 23 heavy (non-hydrogen) atoms. The fourth-order valence-electron chi connectivity index (χ4n) is 2.10. The van der Waals surface area contributed by atoms with Gasteiger partial charge in [0.25, 0.3) is 0 Å². The van der Waals surface area contributed by atoms with Crippen LogP contribution in [0.15, 0.2) is 18.3 Å². The molecule has 0 saturated heterocycles. The first-order valence-electron chi connectivity index (χ1n) is 6.56. The second-order valence-corrected chi connectivity index (χ2v) is 4.42. The quantitative estimate of drug-likeness (QED) is 0.873. The van der Waals surface area contributed by atoms with Crippen LogP contribution in [0.25, 0.3) is 5.69 Å². The van der Waals surface area contributed by atoms with Crippen molar-refractivity contribution in [1.82, 2.24) is 4.57 Å². The van der Waals surface area contributed by atoms with Crippen LogP contribution in [0.2, 0.25) is 0 Å². The van der Waals surface area contributed by atoms with Gasteiger partial charge >= 0.3 is 5.97 Å². The van der Waals surface area contributed by atoms with Crippen LogP contribution in [0.3, 0.4) is 0 Å². The Kier molecular flexibility index (Phi) is 4.50. The summed E-state index contributed by atoms with van der Waals surface area (Å²) in [7, 11) is 1.09. The Hall–Kier alpha value is -3.08. The maximum Gasteiger partial charge on any atom is 0.357 e. The van der Waals surface area contributed by atoms with Crippen LogP contribution < -0.4 is 10.5 Å². The van der Waals surface area contributed by atoms with E-state index in [1.165, 1.54) is 0 Å². The molecule has 0 aliphatic heterocycles. The number of hydrogen-bond donors (Lipinski definition) is 1. The Labute approximate surface area is 130 Å². The van der Waals surface area contributed by atoms with Crippen molar-refractivity contribution in [3.05, 3.63) is 41.2 Å². The number of hydrogen-bond acceptors (Lipinski definition) is 5. The Morgan fingerprint density at radius 3 is 2.70 bits per heavy atom. The van der Waals surface area contributed by atoms with E-state index in [4.69, 9.17) is 15.7 Å². The van der Waals surface area contributed by atoms with E-state index in [9.17, 15) is 13.6 Å². The summed E-state index contributed by atoms with van der Waals surface area (Å²) in [6, 6.07) is 3.88. The first kappa shape index (κ1) is 16.3. The molecule has 0 radical (unpaired) electrons. The summed E-state index contributed by atoms with van der Waals surface area (Å²) in [5.74, 6) is -3.08. The molecule has 0 bridgehead atoms. The zero-order chi connectivity index (χ0) is 17.1. The number of carbonyl (C=O) groups is 1. The minimum absolute atomic E-state index is 0.106. The Bertz CT molecular complexity index is 809. The maximum atomic E-state index is 14.5.